The lowest BCUT2D eigenvalue weighted by atomic mass is 9.66. The van der Waals surface area contributed by atoms with Crippen LogP contribution in [0.1, 0.15) is 27.8 Å². The predicted octanol–water partition coefficient (Wildman–Crippen LogP) is 10.9. The van der Waals surface area contributed by atoms with Gasteiger partial charge in [0.05, 0.1) is 17.0 Å². The summed E-state index contributed by atoms with van der Waals surface area (Å²) < 4.78 is 6.66. The number of fused-ring (bicyclic) bond motifs is 9. The average Bonchev–Trinajstić information content (AvgIpc) is 3.52. The molecule has 0 atom stereocenters. The van der Waals surface area contributed by atoms with E-state index in [1.165, 1.54) is 22.3 Å². The molecular formula is C47H28N4O. The maximum atomic E-state index is 9.42. The molecular weight excluding hydrogens is 637 g/mol. The SMILES string of the molecule is N#Cc1cccc(-c2ccc(-c3nc(-c4ccccc4)nc(-c4ccc5c(c4)C4(c6ccccc6O5)c5ccccc5-c5ccccc54)n3)cc2)c1. The second-order valence-electron chi connectivity index (χ2n) is 13.1. The molecule has 0 unspecified atom stereocenters. The maximum Gasteiger partial charge on any atom is 0.164 e. The zero-order chi connectivity index (χ0) is 34.6. The first kappa shape index (κ1) is 29.7. The predicted molar refractivity (Wildman–Crippen MR) is 204 cm³/mol. The van der Waals surface area contributed by atoms with Crippen LogP contribution in [0, 0.1) is 11.3 Å². The summed E-state index contributed by atoms with van der Waals surface area (Å²) in [5.41, 5.74) is 11.7. The Morgan fingerprint density at radius 3 is 1.62 bits per heavy atom. The van der Waals surface area contributed by atoms with Gasteiger partial charge in [0, 0.05) is 27.8 Å². The standard InChI is InChI=1S/C47H28N4O/c48-29-30-11-10-14-34(27-30)31-21-23-33(24-22-31)45-49-44(32-12-2-1-3-13-32)50-46(51-45)35-25-26-43-41(28-35)47(40-19-8-9-20-42(40)52-43)38-17-6-4-15-36(38)37-16-5-7-18-39(37)47/h1-28H. The number of hydrogen-bond donors (Lipinski definition) is 0. The van der Waals surface area contributed by atoms with Crippen molar-refractivity contribution < 1.29 is 4.74 Å². The number of ether oxygens (including phenoxy) is 1. The van der Waals surface area contributed by atoms with Gasteiger partial charge in [0.25, 0.3) is 0 Å². The maximum absolute atomic E-state index is 9.42. The summed E-state index contributed by atoms with van der Waals surface area (Å²) in [7, 11) is 0. The Hall–Kier alpha value is -7.16. The van der Waals surface area contributed by atoms with Gasteiger partial charge in [-0.2, -0.15) is 5.26 Å². The third-order valence-electron chi connectivity index (χ3n) is 10.2. The largest absolute Gasteiger partial charge is 0.457 e. The molecule has 5 heteroatoms. The molecule has 7 aromatic carbocycles. The summed E-state index contributed by atoms with van der Waals surface area (Å²) >= 11 is 0. The lowest BCUT2D eigenvalue weighted by Gasteiger charge is -2.39. The Bertz CT molecular complexity index is 2680. The van der Waals surface area contributed by atoms with Crippen LogP contribution in [0.3, 0.4) is 0 Å². The topological polar surface area (TPSA) is 71.7 Å². The first-order chi connectivity index (χ1) is 25.7. The molecule has 0 saturated carbocycles. The molecule has 5 nitrogen and oxygen atoms in total. The summed E-state index contributed by atoms with van der Waals surface area (Å²) in [5.74, 6) is 3.41. The molecule has 1 aliphatic heterocycles. The van der Waals surface area contributed by atoms with Crippen molar-refractivity contribution in [2.75, 3.05) is 0 Å². The van der Waals surface area contributed by atoms with Crippen molar-refractivity contribution in [3.63, 3.8) is 0 Å². The van der Waals surface area contributed by atoms with Crippen LogP contribution in [0.5, 0.6) is 11.5 Å². The van der Waals surface area contributed by atoms with Crippen molar-refractivity contribution in [3.05, 3.63) is 198 Å². The molecule has 2 aliphatic rings. The minimum absolute atomic E-state index is 0.575. The van der Waals surface area contributed by atoms with E-state index in [4.69, 9.17) is 19.7 Å². The minimum atomic E-state index is -0.593. The third kappa shape index (κ3) is 4.52. The number of benzene rings is 7. The Morgan fingerprint density at radius 2 is 0.923 bits per heavy atom. The minimum Gasteiger partial charge on any atom is -0.457 e. The molecule has 8 aromatic rings. The van der Waals surface area contributed by atoms with Crippen molar-refractivity contribution in [2.24, 2.45) is 0 Å². The number of hydrogen-bond acceptors (Lipinski definition) is 5. The van der Waals surface area contributed by atoms with E-state index < -0.39 is 5.41 Å². The van der Waals surface area contributed by atoms with Crippen molar-refractivity contribution in [3.8, 4) is 74.0 Å². The second kappa shape index (κ2) is 11.7. The highest BCUT2D eigenvalue weighted by atomic mass is 16.5. The molecule has 242 valence electrons. The quantitative estimate of drug-likeness (QED) is 0.187. The summed E-state index contributed by atoms with van der Waals surface area (Å²) in [6.07, 6.45) is 0. The monoisotopic (exact) mass is 664 g/mol. The van der Waals surface area contributed by atoms with Gasteiger partial charge in [0.1, 0.15) is 11.5 Å². The lowest BCUT2D eigenvalue weighted by molar-refractivity contribution is 0.436. The molecule has 10 rings (SSSR count). The van der Waals surface area contributed by atoms with Gasteiger partial charge in [-0.3, -0.25) is 0 Å². The number of nitriles is 1. The molecule has 0 radical (unpaired) electrons. The third-order valence-corrected chi connectivity index (χ3v) is 10.2. The van der Waals surface area contributed by atoms with Crippen LogP contribution < -0.4 is 4.74 Å². The summed E-state index contributed by atoms with van der Waals surface area (Å²) in [4.78, 5) is 15.2. The van der Waals surface area contributed by atoms with Crippen LogP contribution in [0.15, 0.2) is 170 Å². The van der Waals surface area contributed by atoms with Crippen molar-refractivity contribution in [2.45, 2.75) is 5.41 Å². The molecule has 1 spiro atoms. The van der Waals surface area contributed by atoms with Gasteiger partial charge in [-0.1, -0.05) is 133 Å². The first-order valence-corrected chi connectivity index (χ1v) is 17.2. The zero-order valence-corrected chi connectivity index (χ0v) is 27.9. The molecule has 1 aromatic heterocycles. The molecule has 0 amide bonds. The summed E-state index contributed by atoms with van der Waals surface area (Å²) in [6.45, 7) is 0. The van der Waals surface area contributed by atoms with E-state index >= 15 is 0 Å². The fraction of sp³-hybridized carbons (Fsp3) is 0.0213. The van der Waals surface area contributed by atoms with E-state index in [1.807, 2.05) is 91.0 Å². The van der Waals surface area contributed by atoms with E-state index in [2.05, 4.69) is 84.9 Å². The number of aromatic nitrogens is 3. The Morgan fingerprint density at radius 1 is 0.404 bits per heavy atom. The van der Waals surface area contributed by atoms with E-state index in [-0.39, 0.29) is 0 Å². The van der Waals surface area contributed by atoms with E-state index in [0.717, 1.165) is 50.4 Å². The van der Waals surface area contributed by atoms with Gasteiger partial charge >= 0.3 is 0 Å². The molecule has 52 heavy (non-hydrogen) atoms. The highest BCUT2D eigenvalue weighted by Crippen LogP contribution is 2.62. The molecule has 1 aliphatic carbocycles. The second-order valence-corrected chi connectivity index (χ2v) is 13.1. The van der Waals surface area contributed by atoms with E-state index in [9.17, 15) is 5.26 Å². The van der Waals surface area contributed by atoms with Gasteiger partial charge in [0.2, 0.25) is 0 Å². The Kier molecular flexibility index (Phi) is 6.70. The van der Waals surface area contributed by atoms with Crippen LogP contribution in [-0.4, -0.2) is 15.0 Å². The fourth-order valence-electron chi connectivity index (χ4n) is 7.93. The Balaban J connectivity index is 1.17. The fourth-order valence-corrected chi connectivity index (χ4v) is 7.93. The van der Waals surface area contributed by atoms with Crippen LogP contribution >= 0.6 is 0 Å². The summed E-state index contributed by atoms with van der Waals surface area (Å²) in [6, 6.07) is 60.2. The van der Waals surface area contributed by atoms with Gasteiger partial charge in [-0.05, 0) is 69.8 Å². The molecule has 2 heterocycles. The highest BCUT2D eigenvalue weighted by molar-refractivity contribution is 5.89. The molecule has 0 bridgehead atoms. The van der Waals surface area contributed by atoms with Crippen molar-refractivity contribution in [1.29, 1.82) is 5.26 Å². The van der Waals surface area contributed by atoms with Crippen molar-refractivity contribution in [1.82, 2.24) is 15.0 Å². The molecule has 0 fully saturated rings. The van der Waals surface area contributed by atoms with E-state index in [1.54, 1.807) is 0 Å². The number of rotatable bonds is 4. The van der Waals surface area contributed by atoms with Crippen LogP contribution in [-0.2, 0) is 5.41 Å². The highest BCUT2D eigenvalue weighted by Gasteiger charge is 2.51. The molecule has 0 N–H and O–H groups in total. The van der Waals surface area contributed by atoms with Gasteiger partial charge in [0.15, 0.2) is 17.5 Å². The van der Waals surface area contributed by atoms with Crippen LogP contribution in [0.25, 0.3) is 56.4 Å². The average molecular weight is 665 g/mol. The summed E-state index contributed by atoms with van der Waals surface area (Å²) in [5, 5.41) is 9.42. The van der Waals surface area contributed by atoms with Gasteiger partial charge in [-0.15, -0.1) is 0 Å². The van der Waals surface area contributed by atoms with Crippen LogP contribution in [0.4, 0.5) is 0 Å². The Labute approximate surface area is 301 Å². The number of nitrogens with zero attached hydrogens (tertiary/aromatic N) is 4. The van der Waals surface area contributed by atoms with Gasteiger partial charge < -0.3 is 4.74 Å². The first-order valence-electron chi connectivity index (χ1n) is 17.2. The lowest BCUT2D eigenvalue weighted by Crippen LogP contribution is -2.32. The van der Waals surface area contributed by atoms with E-state index in [0.29, 0.717) is 23.0 Å². The van der Waals surface area contributed by atoms with Crippen LogP contribution in [0.2, 0.25) is 0 Å². The zero-order valence-electron chi connectivity index (χ0n) is 27.9. The molecule has 0 saturated heterocycles. The smallest absolute Gasteiger partial charge is 0.164 e. The van der Waals surface area contributed by atoms with Gasteiger partial charge in [-0.25, -0.2) is 15.0 Å². The van der Waals surface area contributed by atoms with Crippen molar-refractivity contribution >= 4 is 0 Å². The number of para-hydroxylation sites is 1. The normalized spacial score (nSPS) is 12.9.